The number of furan rings is 1. The minimum Gasteiger partial charge on any atom is -0.469 e. The molecule has 2 aromatic rings. The first-order chi connectivity index (χ1) is 11.7. The fourth-order valence-corrected chi connectivity index (χ4v) is 3.61. The molecule has 5 nitrogen and oxygen atoms in total. The van der Waals surface area contributed by atoms with E-state index in [9.17, 15) is 9.59 Å². The maximum absolute atomic E-state index is 12.3. The smallest absolute Gasteiger partial charge is 0.237 e. The number of amides is 2. The molecule has 0 aliphatic carbocycles. The molecule has 0 saturated carbocycles. The summed E-state index contributed by atoms with van der Waals surface area (Å²) in [6, 6.07) is 11.6. The molecule has 0 fully saturated rings. The van der Waals surface area contributed by atoms with E-state index in [1.54, 1.807) is 6.26 Å². The molecule has 1 aliphatic rings. The zero-order chi connectivity index (χ0) is 16.8. The number of benzene rings is 1. The summed E-state index contributed by atoms with van der Waals surface area (Å²) >= 11 is 1.40. The van der Waals surface area contributed by atoms with Crippen LogP contribution >= 0.6 is 11.8 Å². The summed E-state index contributed by atoms with van der Waals surface area (Å²) in [5.41, 5.74) is 2.03. The topological polar surface area (TPSA) is 71.3 Å². The zero-order valence-corrected chi connectivity index (χ0v) is 14.1. The van der Waals surface area contributed by atoms with Crippen molar-refractivity contribution in [2.24, 2.45) is 0 Å². The Bertz CT molecular complexity index is 700. The van der Waals surface area contributed by atoms with Crippen molar-refractivity contribution < 1.29 is 14.0 Å². The maximum Gasteiger partial charge on any atom is 0.237 e. The van der Waals surface area contributed by atoms with Crippen LogP contribution in [0.25, 0.3) is 0 Å². The maximum atomic E-state index is 12.3. The fourth-order valence-electron chi connectivity index (χ4n) is 2.66. The summed E-state index contributed by atoms with van der Waals surface area (Å²) in [7, 11) is 0. The molecular formula is C18H20N2O3S. The van der Waals surface area contributed by atoms with Crippen LogP contribution in [-0.2, 0) is 22.4 Å². The predicted octanol–water partition coefficient (Wildman–Crippen LogP) is 2.63. The summed E-state index contributed by atoms with van der Waals surface area (Å²) in [6.45, 7) is 0.537. The average Bonchev–Trinajstić information content (AvgIpc) is 3.03. The number of nitrogens with one attached hydrogen (secondary N) is 2. The summed E-state index contributed by atoms with van der Waals surface area (Å²) < 4.78 is 5.22. The molecule has 1 aliphatic heterocycles. The number of carbonyl (C=O) groups excluding carboxylic acids is 2. The van der Waals surface area contributed by atoms with E-state index in [-0.39, 0.29) is 22.8 Å². The van der Waals surface area contributed by atoms with Gasteiger partial charge in [0, 0.05) is 18.7 Å². The van der Waals surface area contributed by atoms with Gasteiger partial charge in [-0.25, -0.2) is 0 Å². The quantitative estimate of drug-likeness (QED) is 0.845. The number of aryl methyl sites for hydroxylation is 1. The highest BCUT2D eigenvalue weighted by Crippen LogP contribution is 2.26. The number of para-hydroxylation sites is 1. The minimum atomic E-state index is -0.201. The van der Waals surface area contributed by atoms with E-state index in [4.69, 9.17) is 4.42 Å². The number of carbonyl (C=O) groups is 2. The van der Waals surface area contributed by atoms with Crippen molar-refractivity contribution in [3.05, 3.63) is 54.0 Å². The first kappa shape index (κ1) is 16.6. The molecule has 2 N–H and O–H groups in total. The van der Waals surface area contributed by atoms with Crippen molar-refractivity contribution in [1.29, 1.82) is 0 Å². The van der Waals surface area contributed by atoms with Gasteiger partial charge in [0.25, 0.3) is 0 Å². The average molecular weight is 344 g/mol. The van der Waals surface area contributed by atoms with Crippen LogP contribution in [0.1, 0.15) is 17.7 Å². The number of anilines is 1. The Kier molecular flexibility index (Phi) is 5.59. The highest BCUT2D eigenvalue weighted by Gasteiger charge is 2.24. The summed E-state index contributed by atoms with van der Waals surface area (Å²) in [5.74, 6) is 1.06. The van der Waals surface area contributed by atoms with Crippen LogP contribution in [0.15, 0.2) is 47.1 Å². The zero-order valence-electron chi connectivity index (χ0n) is 13.3. The van der Waals surface area contributed by atoms with E-state index in [1.807, 2.05) is 36.4 Å². The van der Waals surface area contributed by atoms with Gasteiger partial charge in [-0.2, -0.15) is 0 Å². The van der Waals surface area contributed by atoms with Crippen LogP contribution in [0.4, 0.5) is 5.69 Å². The lowest BCUT2D eigenvalue weighted by Gasteiger charge is -2.12. The number of rotatable bonds is 6. The Labute approximate surface area is 145 Å². The van der Waals surface area contributed by atoms with Crippen molar-refractivity contribution >= 4 is 29.3 Å². The standard InChI is InChI=1S/C18H20N2O3S/c21-17(19-10-9-14-5-3-11-23-14)12-24-16-8-7-13-4-1-2-6-15(13)20-18(16)22/h1-6,11,16H,7-10,12H2,(H,19,21)(H,20,22)/t16-/m0/s1. The Morgan fingerprint density at radius 1 is 1.29 bits per heavy atom. The summed E-state index contributed by atoms with van der Waals surface area (Å²) in [6.07, 6.45) is 3.87. The molecule has 2 heterocycles. The molecular weight excluding hydrogens is 324 g/mol. The Hall–Kier alpha value is -2.21. The molecule has 0 radical (unpaired) electrons. The predicted molar refractivity (Wildman–Crippen MR) is 95.1 cm³/mol. The summed E-state index contributed by atoms with van der Waals surface area (Å²) in [4.78, 5) is 24.2. The van der Waals surface area contributed by atoms with Crippen molar-refractivity contribution in [3.63, 3.8) is 0 Å². The molecule has 6 heteroatoms. The Morgan fingerprint density at radius 3 is 3.00 bits per heavy atom. The number of hydrogen-bond acceptors (Lipinski definition) is 4. The van der Waals surface area contributed by atoms with E-state index in [2.05, 4.69) is 10.6 Å². The highest BCUT2D eigenvalue weighted by molar-refractivity contribution is 8.01. The van der Waals surface area contributed by atoms with Gasteiger partial charge in [0.15, 0.2) is 0 Å². The van der Waals surface area contributed by atoms with Gasteiger partial charge in [0.05, 0.1) is 17.3 Å². The van der Waals surface area contributed by atoms with Crippen LogP contribution in [0.5, 0.6) is 0 Å². The van der Waals surface area contributed by atoms with Crippen LogP contribution in [0.3, 0.4) is 0 Å². The van der Waals surface area contributed by atoms with Gasteiger partial charge in [-0.3, -0.25) is 9.59 Å². The van der Waals surface area contributed by atoms with E-state index >= 15 is 0 Å². The van der Waals surface area contributed by atoms with Crippen molar-refractivity contribution in [2.75, 3.05) is 17.6 Å². The Balaban J connectivity index is 1.43. The minimum absolute atomic E-state index is 0.0201. The lowest BCUT2D eigenvalue weighted by molar-refractivity contribution is -0.118. The van der Waals surface area contributed by atoms with Crippen LogP contribution in [-0.4, -0.2) is 29.4 Å². The van der Waals surface area contributed by atoms with Crippen LogP contribution in [0.2, 0.25) is 0 Å². The highest BCUT2D eigenvalue weighted by atomic mass is 32.2. The molecule has 0 unspecified atom stereocenters. The number of fused-ring (bicyclic) bond motifs is 1. The van der Waals surface area contributed by atoms with Gasteiger partial charge in [0.2, 0.25) is 11.8 Å². The summed E-state index contributed by atoms with van der Waals surface area (Å²) in [5, 5.41) is 5.61. The lowest BCUT2D eigenvalue weighted by Crippen LogP contribution is -2.30. The molecule has 0 saturated heterocycles. The van der Waals surface area contributed by atoms with Gasteiger partial charge < -0.3 is 15.1 Å². The van der Waals surface area contributed by atoms with E-state index in [0.29, 0.717) is 13.0 Å². The first-order valence-electron chi connectivity index (χ1n) is 8.02. The van der Waals surface area contributed by atoms with Gasteiger partial charge in [-0.05, 0) is 36.6 Å². The van der Waals surface area contributed by atoms with Crippen molar-refractivity contribution in [2.45, 2.75) is 24.5 Å². The second kappa shape index (κ2) is 8.06. The molecule has 0 bridgehead atoms. The number of hydrogen-bond donors (Lipinski definition) is 2. The molecule has 3 rings (SSSR count). The molecule has 126 valence electrons. The van der Waals surface area contributed by atoms with Crippen LogP contribution in [0, 0.1) is 0 Å². The third kappa shape index (κ3) is 4.41. The molecule has 1 atom stereocenters. The van der Waals surface area contributed by atoms with Gasteiger partial charge in [0.1, 0.15) is 5.76 Å². The van der Waals surface area contributed by atoms with E-state index in [0.717, 1.165) is 29.9 Å². The lowest BCUT2D eigenvalue weighted by atomic mass is 10.1. The molecule has 0 spiro atoms. The van der Waals surface area contributed by atoms with E-state index < -0.39 is 0 Å². The molecule has 1 aromatic carbocycles. The van der Waals surface area contributed by atoms with Gasteiger partial charge in [-0.1, -0.05) is 18.2 Å². The number of thioether (sulfide) groups is 1. The molecule has 24 heavy (non-hydrogen) atoms. The third-order valence-electron chi connectivity index (χ3n) is 3.93. The normalized spacial score (nSPS) is 16.8. The van der Waals surface area contributed by atoms with Crippen molar-refractivity contribution in [3.8, 4) is 0 Å². The second-order valence-electron chi connectivity index (χ2n) is 5.66. The Morgan fingerprint density at radius 2 is 2.17 bits per heavy atom. The molecule has 2 amide bonds. The van der Waals surface area contributed by atoms with Gasteiger partial charge >= 0.3 is 0 Å². The molecule has 1 aromatic heterocycles. The SMILES string of the molecule is O=C(CS[C@H]1CCc2ccccc2NC1=O)NCCc1ccco1. The van der Waals surface area contributed by atoms with Crippen LogP contribution < -0.4 is 10.6 Å². The largest absolute Gasteiger partial charge is 0.469 e. The monoisotopic (exact) mass is 344 g/mol. The fraction of sp³-hybridized carbons (Fsp3) is 0.333. The third-order valence-corrected chi connectivity index (χ3v) is 5.21. The van der Waals surface area contributed by atoms with Crippen molar-refractivity contribution in [1.82, 2.24) is 5.32 Å². The first-order valence-corrected chi connectivity index (χ1v) is 9.07. The van der Waals surface area contributed by atoms with Gasteiger partial charge in [-0.15, -0.1) is 11.8 Å². The van der Waals surface area contributed by atoms with E-state index in [1.165, 1.54) is 11.8 Å². The second-order valence-corrected chi connectivity index (χ2v) is 6.86.